The van der Waals surface area contributed by atoms with Gasteiger partial charge in [0.25, 0.3) is 5.69 Å². The van der Waals surface area contributed by atoms with Crippen molar-refractivity contribution in [1.29, 1.82) is 0 Å². The molecule has 0 bridgehead atoms. The third-order valence-corrected chi connectivity index (χ3v) is 4.23. The molecular weight excluding hydrogens is 342 g/mol. The van der Waals surface area contributed by atoms with Gasteiger partial charge in [-0.15, -0.1) is 0 Å². The maximum absolute atomic E-state index is 11.0. The molecule has 7 heteroatoms. The number of rotatable bonds is 4. The number of nitrogens with zero attached hydrogens (tertiary/aromatic N) is 4. The Morgan fingerprint density at radius 2 is 1.81 bits per heavy atom. The predicted octanol–water partition coefficient (Wildman–Crippen LogP) is 4.66. The van der Waals surface area contributed by atoms with Crippen LogP contribution in [-0.2, 0) is 0 Å². The first-order chi connectivity index (χ1) is 13.0. The fraction of sp³-hybridized carbons (Fsp3) is 0.100. The Kier molecular flexibility index (Phi) is 4.04. The van der Waals surface area contributed by atoms with E-state index in [9.17, 15) is 10.1 Å². The number of fused-ring (bicyclic) bond motifs is 1. The Bertz CT molecular complexity index is 1150. The highest BCUT2D eigenvalue weighted by molar-refractivity contribution is 5.69. The van der Waals surface area contributed by atoms with E-state index < -0.39 is 4.92 Å². The first-order valence-electron chi connectivity index (χ1n) is 8.45. The van der Waals surface area contributed by atoms with E-state index in [1.54, 1.807) is 16.6 Å². The van der Waals surface area contributed by atoms with Crippen molar-refractivity contribution in [3.63, 3.8) is 0 Å². The molecule has 0 atom stereocenters. The fourth-order valence-corrected chi connectivity index (χ4v) is 2.89. The van der Waals surface area contributed by atoms with Crippen LogP contribution in [0.15, 0.2) is 60.7 Å². The molecular formula is C20H17N5O2. The quantitative estimate of drug-likeness (QED) is 0.423. The number of nitro groups is 1. The Morgan fingerprint density at radius 1 is 1.04 bits per heavy atom. The smallest absolute Gasteiger partial charge is 0.270 e. The lowest BCUT2D eigenvalue weighted by Gasteiger charge is -2.09. The average molecular weight is 359 g/mol. The summed E-state index contributed by atoms with van der Waals surface area (Å²) in [5, 5.41) is 19.0. The van der Waals surface area contributed by atoms with Gasteiger partial charge >= 0.3 is 0 Å². The van der Waals surface area contributed by atoms with Crippen molar-refractivity contribution in [1.82, 2.24) is 14.6 Å². The molecule has 2 aromatic heterocycles. The standard InChI is InChI=1S/C20H17N5O2/c1-13-6-8-16(9-7-13)22-19-10-14(2)21-20-12-18(23-24(19)20)15-4-3-5-17(11-15)25(26)27/h3-12,22H,1-2H3. The van der Waals surface area contributed by atoms with E-state index in [0.717, 1.165) is 17.2 Å². The van der Waals surface area contributed by atoms with Gasteiger partial charge in [-0.2, -0.15) is 9.61 Å². The third-order valence-electron chi connectivity index (χ3n) is 4.23. The van der Waals surface area contributed by atoms with Crippen molar-refractivity contribution < 1.29 is 4.92 Å². The van der Waals surface area contributed by atoms with E-state index in [4.69, 9.17) is 0 Å². The van der Waals surface area contributed by atoms with Crippen LogP contribution in [0, 0.1) is 24.0 Å². The van der Waals surface area contributed by atoms with E-state index in [1.165, 1.54) is 17.7 Å². The zero-order valence-electron chi connectivity index (χ0n) is 14.9. The molecule has 4 rings (SSSR count). The molecule has 1 N–H and O–H groups in total. The minimum absolute atomic E-state index is 0.0340. The number of anilines is 2. The summed E-state index contributed by atoms with van der Waals surface area (Å²) in [7, 11) is 0. The molecule has 0 aliphatic rings. The lowest BCUT2D eigenvalue weighted by molar-refractivity contribution is -0.384. The van der Waals surface area contributed by atoms with Crippen molar-refractivity contribution in [2.24, 2.45) is 0 Å². The number of nitro benzene ring substituents is 1. The molecule has 0 unspecified atom stereocenters. The highest BCUT2D eigenvalue weighted by atomic mass is 16.6. The van der Waals surface area contributed by atoms with Crippen molar-refractivity contribution in [2.75, 3.05) is 5.32 Å². The van der Waals surface area contributed by atoms with E-state index in [-0.39, 0.29) is 5.69 Å². The minimum Gasteiger partial charge on any atom is -0.340 e. The highest BCUT2D eigenvalue weighted by Crippen LogP contribution is 2.26. The summed E-state index contributed by atoms with van der Waals surface area (Å²) >= 11 is 0. The Balaban J connectivity index is 1.79. The van der Waals surface area contributed by atoms with E-state index in [2.05, 4.69) is 15.4 Å². The summed E-state index contributed by atoms with van der Waals surface area (Å²) in [6.45, 7) is 3.96. The maximum atomic E-state index is 11.0. The van der Waals surface area contributed by atoms with Crippen molar-refractivity contribution in [3.05, 3.63) is 82.0 Å². The summed E-state index contributed by atoms with van der Waals surface area (Å²) in [5.74, 6) is 0.776. The molecule has 134 valence electrons. The Morgan fingerprint density at radius 3 is 2.56 bits per heavy atom. The fourth-order valence-electron chi connectivity index (χ4n) is 2.89. The van der Waals surface area contributed by atoms with Gasteiger partial charge < -0.3 is 5.32 Å². The minimum atomic E-state index is -0.411. The van der Waals surface area contributed by atoms with Crippen molar-refractivity contribution in [2.45, 2.75) is 13.8 Å². The van der Waals surface area contributed by atoms with Crippen molar-refractivity contribution in [3.8, 4) is 11.3 Å². The van der Waals surface area contributed by atoms with Crippen LogP contribution in [0.3, 0.4) is 0 Å². The molecule has 0 spiro atoms. The summed E-state index contributed by atoms with van der Waals surface area (Å²) in [6.07, 6.45) is 0. The van der Waals surface area contributed by atoms with E-state index in [1.807, 2.05) is 50.2 Å². The molecule has 0 saturated carbocycles. The second-order valence-electron chi connectivity index (χ2n) is 6.38. The zero-order valence-corrected chi connectivity index (χ0v) is 14.9. The lowest BCUT2D eigenvalue weighted by atomic mass is 10.1. The van der Waals surface area contributed by atoms with Gasteiger partial charge in [-0.05, 0) is 26.0 Å². The molecule has 4 aromatic rings. The van der Waals surface area contributed by atoms with Gasteiger partial charge in [0.2, 0.25) is 0 Å². The number of aryl methyl sites for hydroxylation is 2. The van der Waals surface area contributed by atoms with Crippen LogP contribution in [0.4, 0.5) is 17.2 Å². The van der Waals surface area contributed by atoms with E-state index >= 15 is 0 Å². The topological polar surface area (TPSA) is 85.4 Å². The first-order valence-corrected chi connectivity index (χ1v) is 8.45. The molecule has 2 aromatic carbocycles. The SMILES string of the molecule is Cc1ccc(Nc2cc(C)nc3cc(-c4cccc([N+](=O)[O-])c4)nn23)cc1. The monoisotopic (exact) mass is 359 g/mol. The largest absolute Gasteiger partial charge is 0.340 e. The number of benzene rings is 2. The summed E-state index contributed by atoms with van der Waals surface area (Å²) < 4.78 is 1.71. The second-order valence-corrected chi connectivity index (χ2v) is 6.38. The molecule has 0 aliphatic carbocycles. The second kappa shape index (κ2) is 6.53. The molecule has 7 nitrogen and oxygen atoms in total. The normalized spacial score (nSPS) is 10.9. The number of hydrogen-bond acceptors (Lipinski definition) is 5. The Labute approximate surface area is 155 Å². The van der Waals surface area contributed by atoms with Gasteiger partial charge in [0.1, 0.15) is 5.82 Å². The summed E-state index contributed by atoms with van der Waals surface area (Å²) in [6, 6.07) is 18.2. The molecule has 0 amide bonds. The van der Waals surface area contributed by atoms with E-state index in [0.29, 0.717) is 16.9 Å². The summed E-state index contributed by atoms with van der Waals surface area (Å²) in [5.41, 5.74) is 4.99. The molecule has 2 heterocycles. The zero-order chi connectivity index (χ0) is 19.0. The van der Waals surface area contributed by atoms with Crippen LogP contribution in [-0.4, -0.2) is 19.5 Å². The van der Waals surface area contributed by atoms with Gasteiger partial charge in [-0.1, -0.05) is 29.8 Å². The van der Waals surface area contributed by atoms with Gasteiger partial charge in [-0.25, -0.2) is 4.98 Å². The van der Waals surface area contributed by atoms with Crippen molar-refractivity contribution >= 4 is 22.8 Å². The van der Waals surface area contributed by atoms with Crippen LogP contribution in [0.2, 0.25) is 0 Å². The van der Waals surface area contributed by atoms with Crippen LogP contribution < -0.4 is 5.32 Å². The average Bonchev–Trinajstić information content (AvgIpc) is 3.08. The van der Waals surface area contributed by atoms with Gasteiger partial charge in [0.15, 0.2) is 5.65 Å². The molecule has 0 aliphatic heterocycles. The molecule has 0 radical (unpaired) electrons. The molecule has 0 fully saturated rings. The Hall–Kier alpha value is -3.74. The van der Waals surface area contributed by atoms with Crippen LogP contribution in [0.1, 0.15) is 11.3 Å². The number of non-ortho nitro benzene ring substituents is 1. The van der Waals surface area contributed by atoms with Gasteiger partial charge in [0, 0.05) is 41.2 Å². The van der Waals surface area contributed by atoms with Crippen LogP contribution in [0.5, 0.6) is 0 Å². The van der Waals surface area contributed by atoms with Gasteiger partial charge in [0.05, 0.1) is 10.6 Å². The first kappa shape index (κ1) is 16.7. The highest BCUT2D eigenvalue weighted by Gasteiger charge is 2.13. The van der Waals surface area contributed by atoms with Gasteiger partial charge in [-0.3, -0.25) is 10.1 Å². The van der Waals surface area contributed by atoms with Crippen LogP contribution in [0.25, 0.3) is 16.9 Å². The lowest BCUT2D eigenvalue weighted by Crippen LogP contribution is -2.02. The maximum Gasteiger partial charge on any atom is 0.270 e. The van der Waals surface area contributed by atoms with Crippen LogP contribution >= 0.6 is 0 Å². The third kappa shape index (κ3) is 3.35. The molecule has 0 saturated heterocycles. The number of hydrogen-bond donors (Lipinski definition) is 1. The molecule has 27 heavy (non-hydrogen) atoms. The number of aromatic nitrogens is 3. The predicted molar refractivity (Wildman–Crippen MR) is 104 cm³/mol. The number of nitrogens with one attached hydrogen (secondary N) is 1. The summed E-state index contributed by atoms with van der Waals surface area (Å²) in [4.78, 5) is 15.2.